The molecule has 2 atom stereocenters. The van der Waals surface area contributed by atoms with Crippen molar-refractivity contribution in [3.63, 3.8) is 0 Å². The minimum absolute atomic E-state index is 0.180. The van der Waals surface area contributed by atoms with Crippen LogP contribution >= 0.6 is 0 Å². The van der Waals surface area contributed by atoms with Crippen LogP contribution in [0, 0.1) is 5.41 Å². The SMILES string of the molecule is CC(C)(C)CC(=O)NC(C(=O)O)C(O)c1ccncc1. The average Bonchev–Trinajstić information content (AvgIpc) is 2.34. The summed E-state index contributed by atoms with van der Waals surface area (Å²) in [5, 5.41) is 21.6. The Morgan fingerprint density at radius 3 is 2.30 bits per heavy atom. The molecule has 0 radical (unpaired) electrons. The first kappa shape index (κ1) is 16.1. The molecule has 1 heterocycles. The Morgan fingerprint density at radius 1 is 1.30 bits per heavy atom. The fourth-order valence-corrected chi connectivity index (χ4v) is 1.73. The van der Waals surface area contributed by atoms with Crippen molar-refractivity contribution in [3.05, 3.63) is 30.1 Å². The van der Waals surface area contributed by atoms with Crippen LogP contribution in [0.3, 0.4) is 0 Å². The molecular formula is C14H20N2O4. The molecule has 0 aromatic carbocycles. The summed E-state index contributed by atoms with van der Waals surface area (Å²) in [6.07, 6.45) is 1.77. The van der Waals surface area contributed by atoms with Crippen LogP contribution in [-0.4, -0.2) is 33.1 Å². The van der Waals surface area contributed by atoms with E-state index in [1.54, 1.807) is 0 Å². The fraction of sp³-hybridized carbons (Fsp3) is 0.500. The van der Waals surface area contributed by atoms with Crippen molar-refractivity contribution in [1.82, 2.24) is 10.3 Å². The number of amides is 1. The van der Waals surface area contributed by atoms with Gasteiger partial charge in [-0.25, -0.2) is 4.79 Å². The number of nitrogens with zero attached hydrogens (tertiary/aromatic N) is 1. The lowest BCUT2D eigenvalue weighted by molar-refractivity contribution is -0.145. The number of aliphatic hydroxyl groups excluding tert-OH is 1. The number of aromatic nitrogens is 1. The molecule has 6 nitrogen and oxygen atoms in total. The molecule has 0 fully saturated rings. The van der Waals surface area contributed by atoms with Crippen LogP contribution in [0.2, 0.25) is 0 Å². The van der Waals surface area contributed by atoms with E-state index in [1.165, 1.54) is 24.5 Å². The lowest BCUT2D eigenvalue weighted by Gasteiger charge is -2.23. The topological polar surface area (TPSA) is 99.5 Å². The van der Waals surface area contributed by atoms with E-state index in [0.29, 0.717) is 5.56 Å². The highest BCUT2D eigenvalue weighted by Crippen LogP contribution is 2.20. The number of aliphatic carboxylic acids is 1. The molecule has 1 aromatic heterocycles. The predicted molar refractivity (Wildman–Crippen MR) is 72.8 cm³/mol. The van der Waals surface area contributed by atoms with E-state index >= 15 is 0 Å². The summed E-state index contributed by atoms with van der Waals surface area (Å²) >= 11 is 0. The lowest BCUT2D eigenvalue weighted by atomic mass is 9.91. The van der Waals surface area contributed by atoms with Gasteiger partial charge in [-0.1, -0.05) is 20.8 Å². The number of carbonyl (C=O) groups is 2. The summed E-state index contributed by atoms with van der Waals surface area (Å²) in [4.78, 5) is 26.8. The van der Waals surface area contributed by atoms with Crippen LogP contribution in [0.1, 0.15) is 38.9 Å². The van der Waals surface area contributed by atoms with Gasteiger partial charge in [0, 0.05) is 18.8 Å². The lowest BCUT2D eigenvalue weighted by Crippen LogP contribution is -2.45. The Labute approximate surface area is 117 Å². The van der Waals surface area contributed by atoms with E-state index < -0.39 is 24.0 Å². The third kappa shape index (κ3) is 4.97. The number of carbonyl (C=O) groups excluding carboxylic acids is 1. The Kier molecular flexibility index (Phi) is 5.21. The van der Waals surface area contributed by atoms with E-state index in [9.17, 15) is 14.7 Å². The van der Waals surface area contributed by atoms with E-state index in [-0.39, 0.29) is 11.8 Å². The zero-order valence-electron chi connectivity index (χ0n) is 11.8. The second-order valence-corrected chi connectivity index (χ2v) is 5.85. The number of aliphatic hydroxyl groups is 1. The fourth-order valence-electron chi connectivity index (χ4n) is 1.73. The van der Waals surface area contributed by atoms with Crippen molar-refractivity contribution < 1.29 is 19.8 Å². The highest BCUT2D eigenvalue weighted by molar-refractivity contribution is 5.84. The van der Waals surface area contributed by atoms with Crippen molar-refractivity contribution >= 4 is 11.9 Å². The number of rotatable bonds is 5. The molecule has 0 bridgehead atoms. The van der Waals surface area contributed by atoms with Crippen LogP contribution in [0.15, 0.2) is 24.5 Å². The van der Waals surface area contributed by atoms with Crippen LogP contribution < -0.4 is 5.32 Å². The van der Waals surface area contributed by atoms with Crippen molar-refractivity contribution in [1.29, 1.82) is 0 Å². The van der Waals surface area contributed by atoms with Gasteiger partial charge >= 0.3 is 5.97 Å². The van der Waals surface area contributed by atoms with Crippen molar-refractivity contribution in [2.45, 2.75) is 39.3 Å². The molecule has 20 heavy (non-hydrogen) atoms. The highest BCUT2D eigenvalue weighted by atomic mass is 16.4. The number of carboxylic acid groups (broad SMARTS) is 1. The van der Waals surface area contributed by atoms with Crippen LogP contribution in [-0.2, 0) is 9.59 Å². The molecule has 0 saturated carbocycles. The smallest absolute Gasteiger partial charge is 0.329 e. The minimum atomic E-state index is -1.38. The van der Waals surface area contributed by atoms with Crippen LogP contribution in [0.4, 0.5) is 0 Å². The molecule has 0 aliphatic carbocycles. The van der Waals surface area contributed by atoms with Gasteiger partial charge in [0.2, 0.25) is 5.91 Å². The van der Waals surface area contributed by atoms with Crippen molar-refractivity contribution in [2.75, 3.05) is 0 Å². The van der Waals surface area contributed by atoms with Crippen LogP contribution in [0.5, 0.6) is 0 Å². The molecule has 6 heteroatoms. The summed E-state index contributed by atoms with van der Waals surface area (Å²) in [6, 6.07) is 1.64. The Hall–Kier alpha value is -1.95. The van der Waals surface area contributed by atoms with Gasteiger partial charge in [-0.05, 0) is 23.1 Å². The molecule has 1 amide bonds. The maximum absolute atomic E-state index is 11.8. The quantitative estimate of drug-likeness (QED) is 0.750. The second kappa shape index (κ2) is 6.47. The standard InChI is InChI=1S/C14H20N2O4/c1-14(2,3)8-10(17)16-11(13(19)20)12(18)9-4-6-15-7-5-9/h4-7,11-12,18H,8H2,1-3H3,(H,16,17)(H,19,20). The normalized spacial score (nSPS) is 14.4. The Morgan fingerprint density at radius 2 is 1.85 bits per heavy atom. The maximum Gasteiger partial charge on any atom is 0.329 e. The van der Waals surface area contributed by atoms with Crippen molar-refractivity contribution in [2.24, 2.45) is 5.41 Å². The zero-order valence-corrected chi connectivity index (χ0v) is 11.8. The number of hydrogen-bond acceptors (Lipinski definition) is 4. The highest BCUT2D eigenvalue weighted by Gasteiger charge is 2.30. The Bertz CT molecular complexity index is 468. The van der Waals surface area contributed by atoms with E-state index in [2.05, 4.69) is 10.3 Å². The summed E-state index contributed by atoms with van der Waals surface area (Å²) in [5.74, 6) is -1.69. The van der Waals surface area contributed by atoms with Gasteiger partial charge < -0.3 is 15.5 Å². The van der Waals surface area contributed by atoms with Crippen LogP contribution in [0.25, 0.3) is 0 Å². The summed E-state index contributed by atoms with van der Waals surface area (Å²) in [5.41, 5.74) is 0.137. The van der Waals surface area contributed by atoms with Crippen molar-refractivity contribution in [3.8, 4) is 0 Å². The second-order valence-electron chi connectivity index (χ2n) is 5.85. The number of pyridine rings is 1. The molecule has 110 valence electrons. The first-order chi connectivity index (χ1) is 9.20. The number of nitrogens with one attached hydrogen (secondary N) is 1. The largest absolute Gasteiger partial charge is 0.480 e. The molecule has 3 N–H and O–H groups in total. The first-order valence-electron chi connectivity index (χ1n) is 6.31. The van der Waals surface area contributed by atoms with E-state index in [1.807, 2.05) is 20.8 Å². The molecule has 0 spiro atoms. The number of carboxylic acids is 1. The van der Waals surface area contributed by atoms with Gasteiger partial charge in [0.25, 0.3) is 0 Å². The summed E-state index contributed by atoms with van der Waals surface area (Å²) in [6.45, 7) is 5.63. The minimum Gasteiger partial charge on any atom is -0.480 e. The van der Waals surface area contributed by atoms with Gasteiger partial charge in [-0.2, -0.15) is 0 Å². The van der Waals surface area contributed by atoms with Gasteiger partial charge in [0.05, 0.1) is 0 Å². The third-order valence-corrected chi connectivity index (χ3v) is 2.64. The van der Waals surface area contributed by atoms with Gasteiger partial charge in [0.15, 0.2) is 6.04 Å². The maximum atomic E-state index is 11.8. The first-order valence-corrected chi connectivity index (χ1v) is 6.31. The predicted octanol–water partition coefficient (Wildman–Crippen LogP) is 1.12. The zero-order chi connectivity index (χ0) is 15.3. The van der Waals surface area contributed by atoms with Gasteiger partial charge in [-0.3, -0.25) is 9.78 Å². The summed E-state index contributed by atoms with van der Waals surface area (Å²) in [7, 11) is 0. The molecule has 0 aliphatic rings. The molecule has 1 rings (SSSR count). The van der Waals surface area contributed by atoms with E-state index in [4.69, 9.17) is 5.11 Å². The molecular weight excluding hydrogens is 260 g/mol. The molecule has 1 aromatic rings. The molecule has 2 unspecified atom stereocenters. The monoisotopic (exact) mass is 280 g/mol. The summed E-state index contributed by atoms with van der Waals surface area (Å²) < 4.78 is 0. The van der Waals surface area contributed by atoms with Gasteiger partial charge in [0.1, 0.15) is 6.10 Å². The average molecular weight is 280 g/mol. The van der Waals surface area contributed by atoms with E-state index in [0.717, 1.165) is 0 Å². The Balaban J connectivity index is 2.80. The third-order valence-electron chi connectivity index (χ3n) is 2.64. The molecule has 0 aliphatic heterocycles. The molecule has 0 saturated heterocycles. The number of hydrogen-bond donors (Lipinski definition) is 3. The van der Waals surface area contributed by atoms with Gasteiger partial charge in [-0.15, -0.1) is 0 Å².